The van der Waals surface area contributed by atoms with Crippen molar-refractivity contribution in [3.05, 3.63) is 48.0 Å². The maximum Gasteiger partial charge on any atom is 0.339 e. The number of nitrogens with one attached hydrogen (secondary N) is 1. The van der Waals surface area contributed by atoms with Gasteiger partial charge in [0, 0.05) is 43.1 Å². The molecule has 0 aliphatic carbocycles. The van der Waals surface area contributed by atoms with Gasteiger partial charge in [-0.2, -0.15) is 0 Å². The van der Waals surface area contributed by atoms with Crippen LogP contribution in [0.15, 0.2) is 42.5 Å². The summed E-state index contributed by atoms with van der Waals surface area (Å²) in [5, 5.41) is 21.3. The second-order valence-electron chi connectivity index (χ2n) is 7.64. The van der Waals surface area contributed by atoms with Crippen LogP contribution in [0.25, 0.3) is 0 Å². The molecule has 1 unspecified atom stereocenters. The standard InChI is InChI=1S/C22H23N3O5/c26-19-8-3-15(12-18(19)22(29)30)23-21(28)14-11-20(27)25(13-14)17-6-4-16(5-7-17)24-9-1-2-10-24/h3-8,12,14,26H,1-2,9-11,13H2,(H,23,28)(H,29,30). The van der Waals surface area contributed by atoms with Gasteiger partial charge in [0.15, 0.2) is 0 Å². The number of carbonyl (C=O) groups is 3. The van der Waals surface area contributed by atoms with E-state index in [0.717, 1.165) is 24.5 Å². The van der Waals surface area contributed by atoms with Crippen molar-refractivity contribution in [2.24, 2.45) is 5.92 Å². The lowest BCUT2D eigenvalue weighted by Gasteiger charge is -2.20. The van der Waals surface area contributed by atoms with Crippen LogP contribution < -0.4 is 15.1 Å². The van der Waals surface area contributed by atoms with Crippen molar-refractivity contribution in [3.63, 3.8) is 0 Å². The van der Waals surface area contributed by atoms with Gasteiger partial charge in [-0.05, 0) is 55.3 Å². The number of amides is 2. The van der Waals surface area contributed by atoms with Crippen LogP contribution in [0.3, 0.4) is 0 Å². The Labute approximate surface area is 173 Å². The highest BCUT2D eigenvalue weighted by molar-refractivity contribution is 6.04. The van der Waals surface area contributed by atoms with Crippen LogP contribution in [-0.4, -0.2) is 47.6 Å². The fraction of sp³-hybridized carbons (Fsp3) is 0.318. The summed E-state index contributed by atoms with van der Waals surface area (Å²) in [6.45, 7) is 2.35. The third-order valence-corrected chi connectivity index (χ3v) is 5.62. The van der Waals surface area contributed by atoms with E-state index in [1.807, 2.05) is 24.3 Å². The molecule has 8 nitrogen and oxygen atoms in total. The van der Waals surface area contributed by atoms with Crippen molar-refractivity contribution in [2.45, 2.75) is 19.3 Å². The summed E-state index contributed by atoms with van der Waals surface area (Å²) in [5.41, 5.74) is 1.86. The number of hydrogen-bond donors (Lipinski definition) is 3. The van der Waals surface area contributed by atoms with E-state index in [1.165, 1.54) is 31.0 Å². The van der Waals surface area contributed by atoms with E-state index in [2.05, 4.69) is 10.2 Å². The Bertz CT molecular complexity index is 983. The molecule has 4 rings (SSSR count). The third kappa shape index (κ3) is 3.94. The van der Waals surface area contributed by atoms with E-state index < -0.39 is 11.9 Å². The van der Waals surface area contributed by atoms with Crippen LogP contribution in [0.5, 0.6) is 5.75 Å². The van der Waals surface area contributed by atoms with E-state index in [4.69, 9.17) is 5.11 Å². The molecule has 0 spiro atoms. The highest BCUT2D eigenvalue weighted by Gasteiger charge is 2.35. The van der Waals surface area contributed by atoms with Crippen molar-refractivity contribution in [1.29, 1.82) is 0 Å². The zero-order chi connectivity index (χ0) is 21.3. The molecular weight excluding hydrogens is 386 g/mol. The molecule has 2 amide bonds. The third-order valence-electron chi connectivity index (χ3n) is 5.62. The first-order valence-electron chi connectivity index (χ1n) is 9.95. The van der Waals surface area contributed by atoms with Crippen molar-refractivity contribution < 1.29 is 24.6 Å². The molecule has 2 aliphatic heterocycles. The molecule has 0 radical (unpaired) electrons. The van der Waals surface area contributed by atoms with E-state index in [1.54, 1.807) is 4.90 Å². The van der Waals surface area contributed by atoms with Crippen molar-refractivity contribution in [2.75, 3.05) is 34.8 Å². The first-order valence-corrected chi connectivity index (χ1v) is 9.95. The number of anilines is 3. The number of phenols is 1. The summed E-state index contributed by atoms with van der Waals surface area (Å²) < 4.78 is 0. The number of carboxylic acids is 1. The maximum absolute atomic E-state index is 12.6. The van der Waals surface area contributed by atoms with Crippen molar-refractivity contribution >= 4 is 34.8 Å². The van der Waals surface area contributed by atoms with E-state index in [0.29, 0.717) is 0 Å². The molecule has 8 heteroatoms. The Kier molecular flexibility index (Phi) is 5.31. The topological polar surface area (TPSA) is 110 Å². The summed E-state index contributed by atoms with van der Waals surface area (Å²) in [4.78, 5) is 40.2. The van der Waals surface area contributed by atoms with Gasteiger partial charge >= 0.3 is 5.97 Å². The Morgan fingerprint density at radius 2 is 1.67 bits per heavy atom. The van der Waals surface area contributed by atoms with E-state index in [-0.39, 0.29) is 41.8 Å². The minimum Gasteiger partial charge on any atom is -0.507 e. The molecule has 2 aromatic carbocycles. The van der Waals surface area contributed by atoms with Crippen LogP contribution in [0, 0.1) is 5.92 Å². The molecule has 0 saturated carbocycles. The second kappa shape index (κ2) is 8.06. The monoisotopic (exact) mass is 409 g/mol. The second-order valence-corrected chi connectivity index (χ2v) is 7.64. The fourth-order valence-electron chi connectivity index (χ4n) is 3.98. The Morgan fingerprint density at radius 1 is 1.00 bits per heavy atom. The quantitative estimate of drug-likeness (QED) is 0.655. The number of aromatic hydroxyl groups is 1. The minimum absolute atomic E-state index is 0.0869. The van der Waals surface area contributed by atoms with Gasteiger partial charge < -0.3 is 25.3 Å². The Morgan fingerprint density at radius 3 is 2.33 bits per heavy atom. The van der Waals surface area contributed by atoms with Crippen molar-refractivity contribution in [1.82, 2.24) is 0 Å². The van der Waals surface area contributed by atoms with E-state index >= 15 is 0 Å². The largest absolute Gasteiger partial charge is 0.507 e. The predicted octanol–water partition coefficient (Wildman–Crippen LogP) is 2.68. The van der Waals surface area contributed by atoms with Crippen LogP contribution >= 0.6 is 0 Å². The summed E-state index contributed by atoms with van der Waals surface area (Å²) >= 11 is 0. The van der Waals surface area contributed by atoms with Gasteiger partial charge in [-0.3, -0.25) is 9.59 Å². The Balaban J connectivity index is 1.42. The lowest BCUT2D eigenvalue weighted by molar-refractivity contribution is -0.122. The van der Waals surface area contributed by atoms with Gasteiger partial charge in [0.1, 0.15) is 11.3 Å². The van der Waals surface area contributed by atoms with Gasteiger partial charge in [-0.15, -0.1) is 0 Å². The number of carbonyl (C=O) groups excluding carboxylic acids is 2. The molecule has 1 atom stereocenters. The number of hydrogen-bond acceptors (Lipinski definition) is 5. The number of rotatable bonds is 5. The SMILES string of the molecule is O=C(O)c1cc(NC(=O)C2CC(=O)N(c3ccc(N4CCCC4)cc3)C2)ccc1O. The normalized spacial score (nSPS) is 18.7. The van der Waals surface area contributed by atoms with Crippen LogP contribution in [-0.2, 0) is 9.59 Å². The highest BCUT2D eigenvalue weighted by Crippen LogP contribution is 2.29. The van der Waals surface area contributed by atoms with Crippen LogP contribution in [0.2, 0.25) is 0 Å². The molecule has 0 aromatic heterocycles. The lowest BCUT2D eigenvalue weighted by Crippen LogP contribution is -2.28. The first-order chi connectivity index (χ1) is 14.4. The average molecular weight is 409 g/mol. The molecule has 2 heterocycles. The first kappa shape index (κ1) is 19.8. The number of carboxylic acid groups (broad SMARTS) is 1. The molecule has 2 fully saturated rings. The molecule has 30 heavy (non-hydrogen) atoms. The lowest BCUT2D eigenvalue weighted by atomic mass is 10.1. The molecule has 2 saturated heterocycles. The van der Waals surface area contributed by atoms with Crippen molar-refractivity contribution in [3.8, 4) is 5.75 Å². The van der Waals surface area contributed by atoms with E-state index in [9.17, 15) is 19.5 Å². The van der Waals surface area contributed by atoms with Gasteiger partial charge in [0.25, 0.3) is 0 Å². The summed E-state index contributed by atoms with van der Waals surface area (Å²) in [6, 6.07) is 11.7. The molecule has 2 aliphatic rings. The predicted molar refractivity (Wildman–Crippen MR) is 112 cm³/mol. The van der Waals surface area contributed by atoms with Crippen LogP contribution in [0.4, 0.5) is 17.1 Å². The molecule has 0 bridgehead atoms. The fourth-order valence-corrected chi connectivity index (χ4v) is 3.98. The van der Waals surface area contributed by atoms with Gasteiger partial charge in [-0.25, -0.2) is 4.79 Å². The molecule has 3 N–H and O–H groups in total. The summed E-state index contributed by atoms with van der Waals surface area (Å²) in [7, 11) is 0. The van der Waals surface area contributed by atoms with Gasteiger partial charge in [0.2, 0.25) is 11.8 Å². The number of aromatic carboxylic acids is 1. The summed E-state index contributed by atoms with van der Waals surface area (Å²) in [5.74, 6) is -2.69. The number of nitrogens with zero attached hydrogens (tertiary/aromatic N) is 2. The average Bonchev–Trinajstić information content (AvgIpc) is 3.39. The zero-order valence-electron chi connectivity index (χ0n) is 16.4. The molecular formula is C22H23N3O5. The zero-order valence-corrected chi connectivity index (χ0v) is 16.4. The van der Waals surface area contributed by atoms with Gasteiger partial charge in [0.05, 0.1) is 5.92 Å². The number of benzene rings is 2. The smallest absolute Gasteiger partial charge is 0.339 e. The minimum atomic E-state index is -1.29. The molecule has 156 valence electrons. The highest BCUT2D eigenvalue weighted by atomic mass is 16.4. The summed E-state index contributed by atoms with van der Waals surface area (Å²) in [6.07, 6.45) is 2.47. The van der Waals surface area contributed by atoms with Crippen LogP contribution in [0.1, 0.15) is 29.6 Å². The molecule has 2 aromatic rings. The van der Waals surface area contributed by atoms with Gasteiger partial charge in [-0.1, -0.05) is 0 Å². The Hall–Kier alpha value is -3.55. The maximum atomic E-state index is 12.6.